The molecule has 2 aromatic carbocycles. The van der Waals surface area contributed by atoms with E-state index in [2.05, 4.69) is 15.5 Å². The van der Waals surface area contributed by atoms with Gasteiger partial charge in [0.15, 0.2) is 0 Å². The van der Waals surface area contributed by atoms with Crippen LogP contribution in [0.15, 0.2) is 51.7 Å². The van der Waals surface area contributed by atoms with E-state index in [0.29, 0.717) is 12.2 Å². The molecule has 1 aromatic heterocycles. The lowest BCUT2D eigenvalue weighted by molar-refractivity contribution is -0.136. The second-order valence-corrected chi connectivity index (χ2v) is 5.20. The van der Waals surface area contributed by atoms with Crippen LogP contribution in [0.25, 0.3) is 11.5 Å². The number of alkyl halides is 3. The average molecular weight is 350 g/mol. The van der Waals surface area contributed by atoms with E-state index in [4.69, 9.17) is 10.2 Å². The molecule has 3 aromatic rings. The van der Waals surface area contributed by atoms with E-state index in [1.807, 2.05) is 0 Å². The molecule has 0 aliphatic heterocycles. The van der Waals surface area contributed by atoms with Crippen LogP contribution in [0.4, 0.5) is 24.5 Å². The highest BCUT2D eigenvalue weighted by atomic mass is 19.4. The Labute approximate surface area is 139 Å². The molecule has 0 spiro atoms. The SMILES string of the molecule is NCc1ccc(Nc2cc(-c3n[nH]c(=O)o3)ccc2C(F)(F)F)cc1. The first-order chi connectivity index (χ1) is 11.9. The fourth-order valence-electron chi connectivity index (χ4n) is 2.26. The topological polar surface area (TPSA) is 96.9 Å². The Morgan fingerprint density at radius 3 is 2.44 bits per heavy atom. The average Bonchev–Trinajstić information content (AvgIpc) is 3.01. The van der Waals surface area contributed by atoms with E-state index in [1.54, 1.807) is 24.3 Å². The van der Waals surface area contributed by atoms with E-state index in [0.717, 1.165) is 11.6 Å². The smallest absolute Gasteiger partial charge is 0.388 e. The Morgan fingerprint density at radius 2 is 1.88 bits per heavy atom. The third-order valence-corrected chi connectivity index (χ3v) is 3.48. The van der Waals surface area contributed by atoms with Crippen molar-refractivity contribution in [2.24, 2.45) is 5.73 Å². The third-order valence-electron chi connectivity index (χ3n) is 3.48. The molecule has 1 heterocycles. The number of nitrogens with two attached hydrogens (primary N) is 1. The van der Waals surface area contributed by atoms with Crippen LogP contribution in [-0.4, -0.2) is 10.2 Å². The van der Waals surface area contributed by atoms with Crippen LogP contribution in [0.2, 0.25) is 0 Å². The van der Waals surface area contributed by atoms with Crippen molar-refractivity contribution < 1.29 is 17.6 Å². The Bertz CT molecular complexity index is 930. The summed E-state index contributed by atoms with van der Waals surface area (Å²) in [6.45, 7) is 0.335. The summed E-state index contributed by atoms with van der Waals surface area (Å²) in [5, 5.41) is 8.42. The highest BCUT2D eigenvalue weighted by molar-refractivity contribution is 5.70. The van der Waals surface area contributed by atoms with Gasteiger partial charge < -0.3 is 15.5 Å². The normalized spacial score (nSPS) is 11.5. The first-order valence-electron chi connectivity index (χ1n) is 7.20. The summed E-state index contributed by atoms with van der Waals surface area (Å²) >= 11 is 0. The van der Waals surface area contributed by atoms with Gasteiger partial charge in [-0.25, -0.2) is 9.89 Å². The summed E-state index contributed by atoms with van der Waals surface area (Å²) in [5.41, 5.74) is 6.02. The fraction of sp³-hybridized carbons (Fsp3) is 0.125. The van der Waals surface area contributed by atoms with Gasteiger partial charge in [0.05, 0.1) is 11.3 Å². The van der Waals surface area contributed by atoms with Crippen molar-refractivity contribution >= 4 is 11.4 Å². The molecule has 0 bridgehead atoms. The molecule has 6 nitrogen and oxygen atoms in total. The van der Waals surface area contributed by atoms with Gasteiger partial charge in [-0.3, -0.25) is 0 Å². The van der Waals surface area contributed by atoms with Crippen LogP contribution < -0.4 is 16.8 Å². The molecule has 4 N–H and O–H groups in total. The Balaban J connectivity index is 2.02. The molecule has 3 rings (SSSR count). The van der Waals surface area contributed by atoms with Crippen LogP contribution in [0.5, 0.6) is 0 Å². The standard InChI is InChI=1S/C16H13F3N4O2/c17-16(18,19)12-6-3-10(14-22-23-15(24)25-14)7-13(12)21-11-4-1-9(8-20)2-5-11/h1-7,21H,8,20H2,(H,23,24). The van der Waals surface area contributed by atoms with Gasteiger partial charge in [-0.15, -0.1) is 5.10 Å². The fourth-order valence-corrected chi connectivity index (χ4v) is 2.26. The minimum atomic E-state index is -4.55. The van der Waals surface area contributed by atoms with E-state index < -0.39 is 17.5 Å². The number of benzene rings is 2. The van der Waals surface area contributed by atoms with Crippen molar-refractivity contribution in [3.05, 3.63) is 64.1 Å². The summed E-state index contributed by atoms with van der Waals surface area (Å²) in [6.07, 6.45) is -4.55. The lowest BCUT2D eigenvalue weighted by Gasteiger charge is -2.15. The van der Waals surface area contributed by atoms with Gasteiger partial charge in [0.1, 0.15) is 0 Å². The second-order valence-electron chi connectivity index (χ2n) is 5.20. The molecule has 0 fully saturated rings. The summed E-state index contributed by atoms with van der Waals surface area (Å²) in [4.78, 5) is 11.0. The van der Waals surface area contributed by atoms with E-state index >= 15 is 0 Å². The van der Waals surface area contributed by atoms with Crippen molar-refractivity contribution in [2.45, 2.75) is 12.7 Å². The van der Waals surface area contributed by atoms with E-state index in [-0.39, 0.29) is 17.1 Å². The van der Waals surface area contributed by atoms with Crippen LogP contribution in [-0.2, 0) is 12.7 Å². The Hall–Kier alpha value is -3.07. The number of aromatic nitrogens is 2. The molecule has 9 heteroatoms. The van der Waals surface area contributed by atoms with Crippen molar-refractivity contribution in [2.75, 3.05) is 5.32 Å². The summed E-state index contributed by atoms with van der Waals surface area (Å²) < 4.78 is 44.6. The third kappa shape index (κ3) is 3.72. The number of nitrogens with zero attached hydrogens (tertiary/aromatic N) is 1. The molecule has 0 atom stereocenters. The Kier molecular flexibility index (Phi) is 4.32. The number of H-pyrrole nitrogens is 1. The quantitative estimate of drug-likeness (QED) is 0.671. The number of halogens is 3. The number of rotatable bonds is 4. The van der Waals surface area contributed by atoms with E-state index in [1.165, 1.54) is 12.1 Å². The van der Waals surface area contributed by atoms with Crippen molar-refractivity contribution in [1.82, 2.24) is 10.2 Å². The summed E-state index contributed by atoms with van der Waals surface area (Å²) in [6, 6.07) is 10.00. The van der Waals surface area contributed by atoms with Crippen LogP contribution in [0.3, 0.4) is 0 Å². The molecular weight excluding hydrogens is 337 g/mol. The van der Waals surface area contributed by atoms with Crippen LogP contribution in [0.1, 0.15) is 11.1 Å². The zero-order valence-corrected chi connectivity index (χ0v) is 12.7. The monoisotopic (exact) mass is 350 g/mol. The first-order valence-corrected chi connectivity index (χ1v) is 7.20. The minimum absolute atomic E-state index is 0.0970. The van der Waals surface area contributed by atoms with Gasteiger partial charge >= 0.3 is 11.9 Å². The van der Waals surface area contributed by atoms with Crippen molar-refractivity contribution in [1.29, 1.82) is 0 Å². The number of hydrogen-bond donors (Lipinski definition) is 3. The highest BCUT2D eigenvalue weighted by Gasteiger charge is 2.34. The van der Waals surface area contributed by atoms with Crippen LogP contribution >= 0.6 is 0 Å². The first kappa shape index (κ1) is 16.8. The number of anilines is 2. The lowest BCUT2D eigenvalue weighted by atomic mass is 10.1. The molecular formula is C16H13F3N4O2. The molecule has 0 aliphatic rings. The highest BCUT2D eigenvalue weighted by Crippen LogP contribution is 2.38. The largest absolute Gasteiger partial charge is 0.434 e. The maximum atomic E-state index is 13.3. The summed E-state index contributed by atoms with van der Waals surface area (Å²) in [5.74, 6) is -0.887. The van der Waals surface area contributed by atoms with Crippen molar-refractivity contribution in [3.8, 4) is 11.5 Å². The molecule has 130 valence electrons. The molecule has 0 amide bonds. The zero-order valence-electron chi connectivity index (χ0n) is 12.7. The molecule has 0 radical (unpaired) electrons. The van der Waals surface area contributed by atoms with Gasteiger partial charge in [-0.05, 0) is 35.9 Å². The number of hydrogen-bond acceptors (Lipinski definition) is 5. The van der Waals surface area contributed by atoms with Gasteiger partial charge in [0.2, 0.25) is 5.89 Å². The molecule has 0 unspecified atom stereocenters. The maximum absolute atomic E-state index is 13.3. The number of aromatic amines is 1. The van der Waals surface area contributed by atoms with E-state index in [9.17, 15) is 18.0 Å². The molecule has 0 saturated heterocycles. The lowest BCUT2D eigenvalue weighted by Crippen LogP contribution is -2.09. The minimum Gasteiger partial charge on any atom is -0.388 e. The molecule has 0 saturated carbocycles. The predicted molar refractivity (Wildman–Crippen MR) is 85.2 cm³/mol. The van der Waals surface area contributed by atoms with Gasteiger partial charge in [0.25, 0.3) is 0 Å². The van der Waals surface area contributed by atoms with Gasteiger partial charge in [0, 0.05) is 17.8 Å². The van der Waals surface area contributed by atoms with Crippen LogP contribution in [0, 0.1) is 0 Å². The molecule has 0 aliphatic carbocycles. The maximum Gasteiger partial charge on any atom is 0.434 e. The van der Waals surface area contributed by atoms with Gasteiger partial charge in [-0.2, -0.15) is 13.2 Å². The second kappa shape index (κ2) is 6.44. The zero-order chi connectivity index (χ0) is 18.0. The van der Waals surface area contributed by atoms with Crippen molar-refractivity contribution in [3.63, 3.8) is 0 Å². The van der Waals surface area contributed by atoms with Gasteiger partial charge in [-0.1, -0.05) is 12.1 Å². The number of nitrogens with one attached hydrogen (secondary N) is 2. The Morgan fingerprint density at radius 1 is 1.16 bits per heavy atom. The predicted octanol–water partition coefficient (Wildman–Crippen LogP) is 3.25. The molecule has 25 heavy (non-hydrogen) atoms. The summed E-state index contributed by atoms with van der Waals surface area (Å²) in [7, 11) is 0.